The number of amides is 1. The number of halogens is 1. The van der Waals surface area contributed by atoms with Crippen LogP contribution in [0.3, 0.4) is 0 Å². The van der Waals surface area contributed by atoms with Crippen molar-refractivity contribution in [2.45, 2.75) is 71.9 Å². The van der Waals surface area contributed by atoms with E-state index in [0.717, 1.165) is 15.9 Å². The summed E-state index contributed by atoms with van der Waals surface area (Å²) in [5.41, 5.74) is -2.18. The van der Waals surface area contributed by atoms with E-state index in [4.69, 9.17) is 9.47 Å². The van der Waals surface area contributed by atoms with Crippen molar-refractivity contribution in [2.75, 3.05) is 13.7 Å². The number of hydrogen-bond donors (Lipinski definition) is 2. The number of rotatable bonds is 11. The quantitative estimate of drug-likeness (QED) is 0.267. The minimum absolute atomic E-state index is 0.129. The van der Waals surface area contributed by atoms with E-state index in [1.54, 1.807) is 20.8 Å². The average molecular weight is 603 g/mol. The highest BCUT2D eigenvalue weighted by atomic mass is 32.1. The summed E-state index contributed by atoms with van der Waals surface area (Å²) < 4.78 is 28.2. The largest absolute Gasteiger partial charge is 0.496 e. The van der Waals surface area contributed by atoms with Crippen LogP contribution >= 0.6 is 11.3 Å². The van der Waals surface area contributed by atoms with Gasteiger partial charge in [-0.05, 0) is 59.7 Å². The number of benzene rings is 1. The normalized spacial score (nSPS) is 13.5. The van der Waals surface area contributed by atoms with Gasteiger partial charge in [0.2, 0.25) is 5.91 Å². The third-order valence-corrected chi connectivity index (χ3v) is 8.03. The molecule has 226 valence electrons. The summed E-state index contributed by atoms with van der Waals surface area (Å²) in [6, 6.07) is 3.68. The molecule has 0 aliphatic rings. The van der Waals surface area contributed by atoms with Crippen LogP contribution in [0.1, 0.15) is 51.8 Å². The van der Waals surface area contributed by atoms with E-state index in [2.05, 4.69) is 15.5 Å². The number of fused-ring (bicyclic) bond motifs is 1. The molecule has 1 amide bonds. The van der Waals surface area contributed by atoms with Crippen molar-refractivity contribution >= 4 is 27.5 Å². The highest BCUT2D eigenvalue weighted by Gasteiger charge is 2.36. The maximum Gasteiger partial charge on any atom is 0.333 e. The molecule has 4 aromatic rings. The molecule has 0 aliphatic heterocycles. The zero-order valence-corrected chi connectivity index (χ0v) is 25.4. The Morgan fingerprint density at radius 3 is 2.45 bits per heavy atom. The lowest BCUT2D eigenvalue weighted by atomic mass is 10.0. The van der Waals surface area contributed by atoms with Crippen LogP contribution in [0.2, 0.25) is 0 Å². The smallest absolute Gasteiger partial charge is 0.333 e. The molecule has 2 atom stereocenters. The van der Waals surface area contributed by atoms with Crippen molar-refractivity contribution in [3.63, 3.8) is 0 Å². The Morgan fingerprint density at radius 1 is 1.19 bits per heavy atom. The molecule has 3 aromatic heterocycles. The van der Waals surface area contributed by atoms with Gasteiger partial charge in [-0.25, -0.2) is 13.8 Å². The Balaban J connectivity index is 2.03. The molecular formula is C28H35FN6O6S. The highest BCUT2D eigenvalue weighted by Crippen LogP contribution is 2.34. The lowest BCUT2D eigenvalue weighted by Gasteiger charge is -2.28. The van der Waals surface area contributed by atoms with Gasteiger partial charge in [-0.1, -0.05) is 11.3 Å². The van der Waals surface area contributed by atoms with Crippen LogP contribution in [-0.2, 0) is 21.6 Å². The second-order valence-electron chi connectivity index (χ2n) is 10.8. The molecule has 4 rings (SSSR count). The van der Waals surface area contributed by atoms with Gasteiger partial charge in [-0.2, -0.15) is 10.2 Å². The first kappa shape index (κ1) is 31.1. The van der Waals surface area contributed by atoms with Crippen LogP contribution in [0.5, 0.6) is 5.75 Å². The molecule has 42 heavy (non-hydrogen) atoms. The monoisotopic (exact) mass is 602 g/mol. The van der Waals surface area contributed by atoms with Crippen LogP contribution in [0.15, 0.2) is 40.2 Å². The third-order valence-electron chi connectivity index (χ3n) is 6.75. The Kier molecular flexibility index (Phi) is 8.99. The fourth-order valence-corrected chi connectivity index (χ4v) is 5.88. The van der Waals surface area contributed by atoms with Crippen LogP contribution in [-0.4, -0.2) is 61.0 Å². The lowest BCUT2D eigenvalue weighted by Crippen LogP contribution is -2.56. The van der Waals surface area contributed by atoms with Gasteiger partial charge in [0.25, 0.3) is 5.56 Å². The topological polar surface area (TPSA) is 142 Å². The number of thiophene rings is 1. The molecule has 0 fully saturated rings. The van der Waals surface area contributed by atoms with Gasteiger partial charge in [0.15, 0.2) is 0 Å². The average Bonchev–Trinajstić information content (AvgIpc) is 3.56. The fourth-order valence-electron chi connectivity index (χ4n) is 4.66. The fraction of sp³-hybridized carbons (Fsp3) is 0.464. The molecule has 3 heterocycles. The number of ether oxygens (including phenoxy) is 2. The number of carbonyl (C=O) groups excluding carboxylic acids is 1. The highest BCUT2D eigenvalue weighted by molar-refractivity contribution is 7.21. The number of methoxy groups -OCH3 is 1. The first-order valence-electron chi connectivity index (χ1n) is 13.4. The summed E-state index contributed by atoms with van der Waals surface area (Å²) in [6.07, 6.45) is 1.13. The zero-order chi connectivity index (χ0) is 30.9. The van der Waals surface area contributed by atoms with E-state index in [1.807, 2.05) is 0 Å². The van der Waals surface area contributed by atoms with Crippen molar-refractivity contribution in [2.24, 2.45) is 0 Å². The summed E-state index contributed by atoms with van der Waals surface area (Å²) in [5.74, 6) is -0.757. The summed E-state index contributed by atoms with van der Waals surface area (Å²) in [7, 11) is 1.43. The Hall–Kier alpha value is -3.88. The van der Waals surface area contributed by atoms with Crippen LogP contribution in [0, 0.1) is 12.7 Å². The molecule has 0 saturated carbocycles. The molecule has 0 radical (unpaired) electrons. The molecular weight excluding hydrogens is 567 g/mol. The lowest BCUT2D eigenvalue weighted by molar-refractivity contribution is -0.129. The molecule has 14 heteroatoms. The van der Waals surface area contributed by atoms with E-state index in [9.17, 15) is 23.9 Å². The standard InChI is InChI=1S/C28H35FN6O6S/c1-15(2)32-26(38)28(5,6)34-23(37)22-17(4)24(35-30-10-11-31-35)42-25(22)33(27(34)39)13-21(41-14-16(3)36)19-12-18(29)8-9-20(19)40-7/h8-12,15-16,21,36H,13-14H2,1-7H3,(H,32,38)/t16-,21-/m0/s1. The molecule has 0 bridgehead atoms. The number of aliphatic hydroxyl groups excluding tert-OH is 1. The van der Waals surface area contributed by atoms with E-state index < -0.39 is 40.7 Å². The molecule has 0 unspecified atom stereocenters. The summed E-state index contributed by atoms with van der Waals surface area (Å²) in [5, 5.41) is 21.9. The van der Waals surface area contributed by atoms with E-state index in [0.29, 0.717) is 26.7 Å². The van der Waals surface area contributed by atoms with Gasteiger partial charge in [-0.3, -0.25) is 14.2 Å². The molecule has 0 spiro atoms. The van der Waals surface area contributed by atoms with Gasteiger partial charge >= 0.3 is 5.69 Å². The van der Waals surface area contributed by atoms with E-state index in [-0.39, 0.29) is 24.6 Å². The van der Waals surface area contributed by atoms with Crippen molar-refractivity contribution < 1.29 is 23.8 Å². The van der Waals surface area contributed by atoms with Crippen LogP contribution in [0.25, 0.3) is 15.2 Å². The second-order valence-corrected chi connectivity index (χ2v) is 11.8. The number of aryl methyl sites for hydroxylation is 1. The zero-order valence-electron chi connectivity index (χ0n) is 24.5. The van der Waals surface area contributed by atoms with Crippen molar-refractivity contribution in [3.8, 4) is 10.8 Å². The molecule has 2 N–H and O–H groups in total. The van der Waals surface area contributed by atoms with Gasteiger partial charge in [-0.15, -0.1) is 4.80 Å². The molecule has 12 nitrogen and oxygen atoms in total. The predicted molar refractivity (Wildman–Crippen MR) is 156 cm³/mol. The van der Waals surface area contributed by atoms with Crippen LogP contribution < -0.4 is 21.3 Å². The first-order chi connectivity index (χ1) is 19.8. The van der Waals surface area contributed by atoms with Crippen LogP contribution in [0.4, 0.5) is 4.39 Å². The Bertz CT molecular complexity index is 1710. The number of aromatic nitrogens is 5. The Morgan fingerprint density at radius 2 is 1.86 bits per heavy atom. The minimum Gasteiger partial charge on any atom is -0.496 e. The SMILES string of the molecule is COc1ccc(F)cc1[C@H](Cn1c(=O)n(C(C)(C)C(=O)NC(C)C)c(=O)c2c(C)c(-n3nccn3)sc21)OC[C@H](C)O. The maximum atomic E-state index is 14.5. The van der Waals surface area contributed by atoms with Crippen molar-refractivity contribution in [1.82, 2.24) is 29.4 Å². The Labute approximate surface area is 245 Å². The minimum atomic E-state index is -1.58. The van der Waals surface area contributed by atoms with Gasteiger partial charge in [0.1, 0.15) is 33.0 Å². The van der Waals surface area contributed by atoms with Gasteiger partial charge in [0.05, 0.1) is 44.1 Å². The second kappa shape index (κ2) is 12.2. The van der Waals surface area contributed by atoms with Gasteiger partial charge in [0, 0.05) is 17.2 Å². The maximum absolute atomic E-state index is 14.5. The molecule has 0 aliphatic carbocycles. The van der Waals surface area contributed by atoms with E-state index >= 15 is 0 Å². The molecule has 0 saturated heterocycles. The van der Waals surface area contributed by atoms with Crippen molar-refractivity contribution in [3.05, 3.63) is 68.4 Å². The first-order valence-corrected chi connectivity index (χ1v) is 14.2. The summed E-state index contributed by atoms with van der Waals surface area (Å²) in [4.78, 5) is 43.3. The summed E-state index contributed by atoms with van der Waals surface area (Å²) in [6.45, 7) is 9.48. The third kappa shape index (κ3) is 5.87. The van der Waals surface area contributed by atoms with Crippen molar-refractivity contribution in [1.29, 1.82) is 0 Å². The number of hydrogen-bond acceptors (Lipinski definition) is 9. The summed E-state index contributed by atoms with van der Waals surface area (Å²) >= 11 is 1.13. The number of carbonyl (C=O) groups is 1. The number of nitrogens with one attached hydrogen (secondary N) is 1. The predicted octanol–water partition coefficient (Wildman–Crippen LogP) is 2.66. The number of nitrogens with zero attached hydrogens (tertiary/aromatic N) is 5. The van der Waals surface area contributed by atoms with E-state index in [1.165, 1.54) is 67.8 Å². The molecule has 1 aromatic carbocycles. The number of aliphatic hydroxyl groups is 1. The van der Waals surface area contributed by atoms with Gasteiger partial charge < -0.3 is 19.9 Å².